The molecule has 0 aliphatic heterocycles. The zero-order chi connectivity index (χ0) is 14.8. The van der Waals surface area contributed by atoms with E-state index in [9.17, 15) is 13.2 Å². The highest BCUT2D eigenvalue weighted by molar-refractivity contribution is 5.45. The Kier molecular flexibility index (Phi) is 4.01. The second-order valence-electron chi connectivity index (χ2n) is 4.53. The van der Waals surface area contributed by atoms with E-state index in [1.54, 1.807) is 4.68 Å². The minimum absolute atomic E-state index is 0.523. The fraction of sp³-hybridized carbons (Fsp3) is 0.357. The first kappa shape index (κ1) is 14.4. The van der Waals surface area contributed by atoms with Gasteiger partial charge in [-0.25, -0.2) is 0 Å². The van der Waals surface area contributed by atoms with Crippen LogP contribution in [0.25, 0.3) is 0 Å². The smallest absolute Gasteiger partial charge is 0.379 e. The molecule has 0 amide bonds. The number of anilines is 1. The van der Waals surface area contributed by atoms with Crippen molar-refractivity contribution < 1.29 is 13.2 Å². The number of halogens is 3. The number of alkyl halides is 3. The Hall–Kier alpha value is -1.98. The Balaban J connectivity index is 2.02. The summed E-state index contributed by atoms with van der Waals surface area (Å²) in [4.78, 5) is 0. The van der Waals surface area contributed by atoms with Crippen molar-refractivity contribution in [2.45, 2.75) is 26.1 Å². The van der Waals surface area contributed by atoms with Crippen LogP contribution in [0.1, 0.15) is 23.9 Å². The van der Waals surface area contributed by atoms with E-state index in [-0.39, 0.29) is 0 Å². The van der Waals surface area contributed by atoms with Crippen LogP contribution in [-0.4, -0.2) is 9.78 Å². The average molecular weight is 283 g/mol. The van der Waals surface area contributed by atoms with Crippen LogP contribution in [0.5, 0.6) is 0 Å². The van der Waals surface area contributed by atoms with Crippen molar-refractivity contribution in [2.75, 3.05) is 5.32 Å². The summed E-state index contributed by atoms with van der Waals surface area (Å²) in [6, 6.07) is 6.99. The largest absolute Gasteiger partial charge is 0.416 e. The molecule has 0 radical (unpaired) electrons. The van der Waals surface area contributed by atoms with Gasteiger partial charge in [-0.2, -0.15) is 18.3 Å². The number of hydrogen-bond donors (Lipinski definition) is 1. The maximum Gasteiger partial charge on any atom is 0.416 e. The van der Waals surface area contributed by atoms with Gasteiger partial charge in [0.05, 0.1) is 23.5 Å². The number of hydrogen-bond acceptors (Lipinski definition) is 2. The number of nitrogens with one attached hydrogen (secondary N) is 1. The predicted octanol–water partition coefficient (Wildman–Crippen LogP) is 3.61. The summed E-state index contributed by atoms with van der Waals surface area (Å²) in [7, 11) is 1.85. The lowest BCUT2D eigenvalue weighted by Gasteiger charge is -2.09. The van der Waals surface area contributed by atoms with Gasteiger partial charge >= 0.3 is 6.18 Å². The molecule has 1 aromatic heterocycles. The summed E-state index contributed by atoms with van der Waals surface area (Å²) in [5, 5.41) is 7.41. The van der Waals surface area contributed by atoms with Crippen molar-refractivity contribution in [1.29, 1.82) is 0 Å². The molecular formula is C14H16F3N3. The van der Waals surface area contributed by atoms with Gasteiger partial charge in [-0.3, -0.25) is 4.68 Å². The third-order valence-corrected chi connectivity index (χ3v) is 3.08. The topological polar surface area (TPSA) is 29.9 Å². The molecule has 0 bridgehead atoms. The Bertz CT molecular complexity index is 570. The molecule has 0 saturated heterocycles. The molecule has 20 heavy (non-hydrogen) atoms. The molecule has 1 heterocycles. The van der Waals surface area contributed by atoms with E-state index in [4.69, 9.17) is 0 Å². The number of aromatic nitrogens is 2. The molecule has 1 aromatic carbocycles. The van der Waals surface area contributed by atoms with Crippen LogP contribution < -0.4 is 5.32 Å². The normalized spacial score (nSPS) is 11.7. The second-order valence-corrected chi connectivity index (χ2v) is 4.53. The molecule has 0 unspecified atom stereocenters. The Morgan fingerprint density at radius 1 is 1.20 bits per heavy atom. The van der Waals surface area contributed by atoms with Gasteiger partial charge in [0, 0.05) is 12.7 Å². The molecule has 0 spiro atoms. The molecular weight excluding hydrogens is 267 g/mol. The van der Waals surface area contributed by atoms with E-state index in [0.29, 0.717) is 12.2 Å². The number of aryl methyl sites for hydroxylation is 2. The van der Waals surface area contributed by atoms with Crippen molar-refractivity contribution in [1.82, 2.24) is 9.78 Å². The summed E-state index contributed by atoms with van der Waals surface area (Å²) in [5.41, 5.74) is 1.99. The molecule has 3 nitrogen and oxygen atoms in total. The van der Waals surface area contributed by atoms with Gasteiger partial charge in [-0.05, 0) is 36.8 Å². The van der Waals surface area contributed by atoms with Crippen molar-refractivity contribution in [3.63, 3.8) is 0 Å². The molecule has 2 aromatic rings. The minimum atomic E-state index is -4.30. The number of benzene rings is 1. The first-order valence-corrected chi connectivity index (χ1v) is 6.33. The van der Waals surface area contributed by atoms with E-state index in [1.807, 2.05) is 20.0 Å². The Morgan fingerprint density at radius 3 is 2.35 bits per heavy atom. The number of rotatable bonds is 4. The fourth-order valence-electron chi connectivity index (χ4n) is 1.88. The highest BCUT2D eigenvalue weighted by atomic mass is 19.4. The van der Waals surface area contributed by atoms with Gasteiger partial charge in [-0.15, -0.1) is 0 Å². The van der Waals surface area contributed by atoms with Crippen LogP contribution in [0.15, 0.2) is 30.3 Å². The van der Waals surface area contributed by atoms with Crippen LogP contribution in [0.4, 0.5) is 18.9 Å². The van der Waals surface area contributed by atoms with Crippen molar-refractivity contribution in [3.8, 4) is 0 Å². The van der Waals surface area contributed by atoms with Crippen molar-refractivity contribution in [2.24, 2.45) is 7.05 Å². The van der Waals surface area contributed by atoms with Crippen LogP contribution in [0.3, 0.4) is 0 Å². The highest BCUT2D eigenvalue weighted by Gasteiger charge is 2.29. The van der Waals surface area contributed by atoms with Crippen molar-refractivity contribution in [3.05, 3.63) is 47.3 Å². The van der Waals surface area contributed by atoms with Gasteiger partial charge < -0.3 is 5.32 Å². The molecule has 0 atom stereocenters. The fourth-order valence-corrected chi connectivity index (χ4v) is 1.88. The lowest BCUT2D eigenvalue weighted by molar-refractivity contribution is -0.137. The molecule has 0 fully saturated rings. The molecule has 2 rings (SSSR count). The zero-order valence-electron chi connectivity index (χ0n) is 11.3. The maximum absolute atomic E-state index is 12.4. The second kappa shape index (κ2) is 5.56. The zero-order valence-corrected chi connectivity index (χ0v) is 11.3. The summed E-state index contributed by atoms with van der Waals surface area (Å²) in [6.45, 7) is 2.55. The van der Waals surface area contributed by atoms with Gasteiger partial charge in [0.2, 0.25) is 0 Å². The Labute approximate surface area is 115 Å². The third kappa shape index (κ3) is 3.31. The van der Waals surface area contributed by atoms with Gasteiger partial charge in [-0.1, -0.05) is 6.92 Å². The molecule has 1 N–H and O–H groups in total. The van der Waals surface area contributed by atoms with Crippen LogP contribution in [0, 0.1) is 0 Å². The highest BCUT2D eigenvalue weighted by Crippen LogP contribution is 2.29. The molecule has 0 saturated carbocycles. The standard InChI is InChI=1S/C14H16F3N3/c1-3-11-8-13(20(2)19-11)9-18-12-6-4-10(5-7-12)14(15,16)17/h4-8,18H,3,9H2,1-2H3. The monoisotopic (exact) mass is 283 g/mol. The lowest BCUT2D eigenvalue weighted by Crippen LogP contribution is -2.07. The Morgan fingerprint density at radius 2 is 1.85 bits per heavy atom. The molecule has 0 aliphatic rings. The van der Waals surface area contributed by atoms with E-state index in [2.05, 4.69) is 10.4 Å². The van der Waals surface area contributed by atoms with E-state index in [0.717, 1.165) is 29.9 Å². The summed E-state index contributed by atoms with van der Waals surface area (Å²) < 4.78 is 39.1. The first-order valence-electron chi connectivity index (χ1n) is 6.33. The van der Waals surface area contributed by atoms with Gasteiger partial charge in [0.15, 0.2) is 0 Å². The third-order valence-electron chi connectivity index (χ3n) is 3.08. The predicted molar refractivity (Wildman–Crippen MR) is 71.4 cm³/mol. The van der Waals surface area contributed by atoms with Crippen LogP contribution in [0.2, 0.25) is 0 Å². The SMILES string of the molecule is CCc1cc(CNc2ccc(C(F)(F)F)cc2)n(C)n1. The minimum Gasteiger partial charge on any atom is -0.379 e. The quantitative estimate of drug-likeness (QED) is 0.929. The van der Waals surface area contributed by atoms with Gasteiger partial charge in [0.25, 0.3) is 0 Å². The maximum atomic E-state index is 12.4. The first-order chi connectivity index (χ1) is 9.40. The lowest BCUT2D eigenvalue weighted by atomic mass is 10.2. The van der Waals surface area contributed by atoms with Crippen LogP contribution >= 0.6 is 0 Å². The van der Waals surface area contributed by atoms with E-state index in [1.165, 1.54) is 12.1 Å². The summed E-state index contributed by atoms with van der Waals surface area (Å²) >= 11 is 0. The molecule has 6 heteroatoms. The average Bonchev–Trinajstić information content (AvgIpc) is 2.76. The van der Waals surface area contributed by atoms with Crippen molar-refractivity contribution >= 4 is 5.69 Å². The number of nitrogens with zero attached hydrogens (tertiary/aromatic N) is 2. The van der Waals surface area contributed by atoms with E-state index >= 15 is 0 Å². The molecule has 108 valence electrons. The van der Waals surface area contributed by atoms with Crippen LogP contribution in [-0.2, 0) is 26.2 Å². The summed E-state index contributed by atoms with van der Waals surface area (Å²) in [6.07, 6.45) is -3.44. The summed E-state index contributed by atoms with van der Waals surface area (Å²) in [5.74, 6) is 0. The van der Waals surface area contributed by atoms with E-state index < -0.39 is 11.7 Å². The molecule has 0 aliphatic carbocycles. The van der Waals surface area contributed by atoms with Gasteiger partial charge in [0.1, 0.15) is 0 Å².